The molecule has 0 N–H and O–H groups in total. The van der Waals surface area contributed by atoms with Gasteiger partial charge in [0.05, 0.1) is 0 Å². The molecule has 286 valence electrons. The van der Waals surface area contributed by atoms with Gasteiger partial charge in [0.2, 0.25) is 5.89 Å². The molecule has 2 aromatic heterocycles. The SMILES string of the molecule is c1ccc(-c2nc3ccc4cccc(-c5ccc(-c6nc(-c7cccc(-c8ccccc8-c8ccccc8)c7)nc(-c7ccccc7-c7ccccc7)n6)cc5)c4c3o2)cc1. The molecule has 61 heavy (non-hydrogen) atoms. The van der Waals surface area contributed by atoms with Crippen LogP contribution in [0.15, 0.2) is 223 Å². The number of hydrogen-bond acceptors (Lipinski definition) is 5. The minimum atomic E-state index is 0.590. The van der Waals surface area contributed by atoms with Crippen LogP contribution in [0.4, 0.5) is 0 Å². The molecule has 5 heteroatoms. The summed E-state index contributed by atoms with van der Waals surface area (Å²) >= 11 is 0. The molecule has 0 radical (unpaired) electrons. The Balaban J connectivity index is 1.04. The molecule has 0 aliphatic rings. The first-order chi connectivity index (χ1) is 30.2. The van der Waals surface area contributed by atoms with Crippen LogP contribution in [-0.4, -0.2) is 19.9 Å². The highest BCUT2D eigenvalue weighted by molar-refractivity contribution is 6.11. The number of rotatable bonds is 8. The van der Waals surface area contributed by atoms with E-state index >= 15 is 0 Å². The molecule has 11 rings (SSSR count). The average molecular weight is 781 g/mol. The molecule has 0 atom stereocenters. The van der Waals surface area contributed by atoms with Crippen molar-refractivity contribution in [3.63, 3.8) is 0 Å². The van der Waals surface area contributed by atoms with E-state index < -0.39 is 0 Å². The zero-order valence-electron chi connectivity index (χ0n) is 33.0. The molecule has 0 fully saturated rings. The van der Waals surface area contributed by atoms with E-state index in [1.807, 2.05) is 54.6 Å². The number of benzene rings is 9. The van der Waals surface area contributed by atoms with Gasteiger partial charge in [-0.05, 0) is 74.2 Å². The summed E-state index contributed by atoms with van der Waals surface area (Å²) in [5.41, 5.74) is 14.1. The summed E-state index contributed by atoms with van der Waals surface area (Å²) in [6.45, 7) is 0. The van der Waals surface area contributed by atoms with Crippen molar-refractivity contribution in [3.8, 4) is 90.1 Å². The van der Waals surface area contributed by atoms with E-state index in [1.165, 1.54) is 11.1 Å². The van der Waals surface area contributed by atoms with E-state index in [4.69, 9.17) is 24.4 Å². The van der Waals surface area contributed by atoms with Gasteiger partial charge in [-0.3, -0.25) is 0 Å². The number of fused-ring (bicyclic) bond motifs is 3. The fourth-order valence-electron chi connectivity index (χ4n) is 8.23. The van der Waals surface area contributed by atoms with E-state index in [9.17, 15) is 0 Å². The lowest BCUT2D eigenvalue weighted by molar-refractivity contribution is 0.623. The van der Waals surface area contributed by atoms with Crippen LogP contribution in [-0.2, 0) is 0 Å². The molecule has 2 heterocycles. The van der Waals surface area contributed by atoms with Crippen molar-refractivity contribution in [2.24, 2.45) is 0 Å². The van der Waals surface area contributed by atoms with Crippen molar-refractivity contribution in [2.45, 2.75) is 0 Å². The molecule has 9 aromatic carbocycles. The minimum Gasteiger partial charge on any atom is -0.435 e. The van der Waals surface area contributed by atoms with Gasteiger partial charge in [-0.15, -0.1) is 0 Å². The number of nitrogens with zero attached hydrogens (tertiary/aromatic N) is 4. The summed E-state index contributed by atoms with van der Waals surface area (Å²) in [7, 11) is 0. The van der Waals surface area contributed by atoms with E-state index in [0.29, 0.717) is 23.4 Å². The molecular weight excluding hydrogens is 745 g/mol. The molecule has 0 amide bonds. The Labute approximate surface area is 353 Å². The van der Waals surface area contributed by atoms with Crippen LogP contribution in [0.2, 0.25) is 0 Å². The summed E-state index contributed by atoms with van der Waals surface area (Å²) in [4.78, 5) is 20.5. The maximum atomic E-state index is 6.50. The summed E-state index contributed by atoms with van der Waals surface area (Å²) in [6.07, 6.45) is 0. The van der Waals surface area contributed by atoms with Crippen LogP contribution >= 0.6 is 0 Å². The molecular formula is C56H36N4O. The molecule has 11 aromatic rings. The Kier molecular flexibility index (Phi) is 9.10. The third kappa shape index (κ3) is 6.84. The van der Waals surface area contributed by atoms with Gasteiger partial charge in [-0.2, -0.15) is 0 Å². The molecule has 0 bridgehead atoms. The molecule has 5 nitrogen and oxygen atoms in total. The van der Waals surface area contributed by atoms with Gasteiger partial charge in [0, 0.05) is 27.6 Å². The summed E-state index contributed by atoms with van der Waals surface area (Å²) < 4.78 is 6.50. The second-order valence-electron chi connectivity index (χ2n) is 15.0. The normalized spacial score (nSPS) is 11.3. The number of oxazole rings is 1. The molecule has 0 spiro atoms. The highest BCUT2D eigenvalue weighted by atomic mass is 16.3. The maximum Gasteiger partial charge on any atom is 0.227 e. The lowest BCUT2D eigenvalue weighted by atomic mass is 9.93. The third-order valence-corrected chi connectivity index (χ3v) is 11.2. The Bertz CT molecular complexity index is 3340. The van der Waals surface area contributed by atoms with Crippen LogP contribution in [0.25, 0.3) is 112 Å². The fourth-order valence-corrected chi connectivity index (χ4v) is 8.23. The fraction of sp³-hybridized carbons (Fsp3) is 0. The van der Waals surface area contributed by atoms with E-state index in [2.05, 4.69) is 164 Å². The quantitative estimate of drug-likeness (QED) is 0.154. The largest absolute Gasteiger partial charge is 0.435 e. The zero-order valence-corrected chi connectivity index (χ0v) is 33.0. The van der Waals surface area contributed by atoms with Gasteiger partial charge in [-0.25, -0.2) is 19.9 Å². The van der Waals surface area contributed by atoms with Gasteiger partial charge in [0.15, 0.2) is 23.1 Å². The van der Waals surface area contributed by atoms with Gasteiger partial charge < -0.3 is 4.42 Å². The van der Waals surface area contributed by atoms with Gasteiger partial charge in [0.25, 0.3) is 0 Å². The Morgan fingerprint density at radius 1 is 0.279 bits per heavy atom. The van der Waals surface area contributed by atoms with Crippen molar-refractivity contribution >= 4 is 21.9 Å². The second kappa shape index (κ2) is 15.5. The van der Waals surface area contributed by atoms with Crippen molar-refractivity contribution in [3.05, 3.63) is 218 Å². The van der Waals surface area contributed by atoms with E-state index in [1.54, 1.807) is 0 Å². The smallest absolute Gasteiger partial charge is 0.227 e. The van der Waals surface area contributed by atoms with E-state index in [-0.39, 0.29) is 0 Å². The van der Waals surface area contributed by atoms with Crippen LogP contribution in [0.1, 0.15) is 0 Å². The molecule has 0 saturated carbocycles. The van der Waals surface area contributed by atoms with E-state index in [0.717, 1.165) is 77.5 Å². The zero-order chi connectivity index (χ0) is 40.5. The van der Waals surface area contributed by atoms with Gasteiger partial charge in [0.1, 0.15) is 5.52 Å². The third-order valence-electron chi connectivity index (χ3n) is 11.2. The van der Waals surface area contributed by atoms with Gasteiger partial charge in [-0.1, -0.05) is 194 Å². The Hall–Kier alpha value is -8.28. The standard InChI is InChI=1S/C56H36N4O/c1-4-16-37(17-5-1)45-25-10-11-27-47(45)43-23-14-24-44(36-43)54-58-53(59-55(60-54)49-28-13-12-26-46(49)38-18-6-2-7-19-38)41-32-30-39(31-33-41)48-29-15-22-40-34-35-50-52(51(40)48)61-56(57-50)42-20-8-3-9-21-42/h1-36H. The Morgan fingerprint density at radius 3 is 1.41 bits per heavy atom. The topological polar surface area (TPSA) is 64.7 Å². The highest BCUT2D eigenvalue weighted by Gasteiger charge is 2.18. The second-order valence-corrected chi connectivity index (χ2v) is 15.0. The average Bonchev–Trinajstić information content (AvgIpc) is 3.80. The van der Waals surface area contributed by atoms with Crippen molar-refractivity contribution in [1.29, 1.82) is 0 Å². The predicted octanol–water partition coefficient (Wildman–Crippen LogP) is 14.5. The lowest BCUT2D eigenvalue weighted by Crippen LogP contribution is -2.01. The highest BCUT2D eigenvalue weighted by Crippen LogP contribution is 2.39. The summed E-state index contributed by atoms with van der Waals surface area (Å²) in [6, 6.07) is 75.3. The first-order valence-corrected chi connectivity index (χ1v) is 20.4. The molecule has 0 aliphatic heterocycles. The van der Waals surface area contributed by atoms with Crippen LogP contribution in [0, 0.1) is 0 Å². The minimum absolute atomic E-state index is 0.590. The molecule has 0 unspecified atom stereocenters. The van der Waals surface area contributed by atoms with Crippen molar-refractivity contribution in [2.75, 3.05) is 0 Å². The predicted molar refractivity (Wildman–Crippen MR) is 248 cm³/mol. The monoisotopic (exact) mass is 780 g/mol. The lowest BCUT2D eigenvalue weighted by Gasteiger charge is -2.14. The van der Waals surface area contributed by atoms with Crippen molar-refractivity contribution < 1.29 is 4.42 Å². The Morgan fingerprint density at radius 2 is 0.738 bits per heavy atom. The maximum absolute atomic E-state index is 6.50. The van der Waals surface area contributed by atoms with Crippen molar-refractivity contribution in [1.82, 2.24) is 19.9 Å². The first-order valence-electron chi connectivity index (χ1n) is 20.4. The molecule has 0 saturated heterocycles. The van der Waals surface area contributed by atoms with Crippen LogP contribution in [0.5, 0.6) is 0 Å². The number of aromatic nitrogens is 4. The summed E-state index contributed by atoms with van der Waals surface area (Å²) in [5, 5.41) is 2.11. The first kappa shape index (κ1) is 35.8. The van der Waals surface area contributed by atoms with Crippen LogP contribution < -0.4 is 0 Å². The van der Waals surface area contributed by atoms with Crippen LogP contribution in [0.3, 0.4) is 0 Å². The number of hydrogen-bond donors (Lipinski definition) is 0. The molecule has 0 aliphatic carbocycles. The summed E-state index contributed by atoms with van der Waals surface area (Å²) in [5.74, 6) is 2.40. The van der Waals surface area contributed by atoms with Gasteiger partial charge >= 0.3 is 0 Å².